The molecule has 6 heteroatoms. The van der Waals surface area contributed by atoms with Gasteiger partial charge in [-0.15, -0.1) is 0 Å². The van der Waals surface area contributed by atoms with Crippen LogP contribution in [-0.2, 0) is 4.74 Å². The van der Waals surface area contributed by atoms with Gasteiger partial charge in [0, 0.05) is 18.3 Å². The maximum Gasteiger partial charge on any atom is 0.338 e. The SMILES string of the molecule is Cc1nc2c(C(=O)O)cc(N3CCOCC3C)cc2[nH]1. The Morgan fingerprint density at radius 1 is 1.55 bits per heavy atom. The fraction of sp³-hybridized carbons (Fsp3) is 0.429. The van der Waals surface area contributed by atoms with E-state index in [1.807, 2.05) is 13.0 Å². The molecule has 2 heterocycles. The fourth-order valence-corrected chi connectivity index (χ4v) is 2.67. The number of ether oxygens (including phenoxy) is 1. The Labute approximate surface area is 116 Å². The Kier molecular flexibility index (Phi) is 3.10. The third-order valence-electron chi connectivity index (χ3n) is 3.62. The van der Waals surface area contributed by atoms with Crippen molar-refractivity contribution < 1.29 is 14.6 Å². The van der Waals surface area contributed by atoms with Crippen LogP contribution in [0.5, 0.6) is 0 Å². The van der Waals surface area contributed by atoms with Gasteiger partial charge in [-0.3, -0.25) is 0 Å². The summed E-state index contributed by atoms with van der Waals surface area (Å²) in [6, 6.07) is 3.89. The van der Waals surface area contributed by atoms with Crippen LogP contribution in [0.15, 0.2) is 12.1 Å². The summed E-state index contributed by atoms with van der Waals surface area (Å²) in [4.78, 5) is 21.0. The van der Waals surface area contributed by atoms with Gasteiger partial charge in [0.2, 0.25) is 0 Å². The number of nitrogens with zero attached hydrogens (tertiary/aromatic N) is 2. The van der Waals surface area contributed by atoms with E-state index in [1.54, 1.807) is 6.07 Å². The number of aromatic amines is 1. The standard InChI is InChI=1S/C14H17N3O3/c1-8-7-20-4-3-17(8)10-5-11(14(18)19)13-12(6-10)15-9(2)16-13/h5-6,8H,3-4,7H2,1-2H3,(H,15,16)(H,18,19). The highest BCUT2D eigenvalue weighted by Crippen LogP contribution is 2.27. The highest BCUT2D eigenvalue weighted by Gasteiger charge is 2.22. The van der Waals surface area contributed by atoms with Gasteiger partial charge in [0.15, 0.2) is 0 Å². The first-order chi connectivity index (χ1) is 9.56. The summed E-state index contributed by atoms with van der Waals surface area (Å²) in [7, 11) is 0. The maximum absolute atomic E-state index is 11.4. The zero-order valence-corrected chi connectivity index (χ0v) is 11.5. The highest BCUT2D eigenvalue weighted by molar-refractivity contribution is 6.02. The predicted molar refractivity (Wildman–Crippen MR) is 75.4 cm³/mol. The second-order valence-electron chi connectivity index (χ2n) is 5.13. The van der Waals surface area contributed by atoms with E-state index in [9.17, 15) is 9.90 Å². The van der Waals surface area contributed by atoms with Gasteiger partial charge < -0.3 is 19.7 Å². The molecule has 1 unspecified atom stereocenters. The highest BCUT2D eigenvalue weighted by atomic mass is 16.5. The topological polar surface area (TPSA) is 78.4 Å². The van der Waals surface area contributed by atoms with Gasteiger partial charge in [-0.25, -0.2) is 9.78 Å². The minimum absolute atomic E-state index is 0.229. The summed E-state index contributed by atoms with van der Waals surface area (Å²) in [5, 5.41) is 9.38. The van der Waals surface area contributed by atoms with Crippen LogP contribution >= 0.6 is 0 Å². The number of aromatic nitrogens is 2. The lowest BCUT2D eigenvalue weighted by molar-refractivity contribution is 0.0699. The first-order valence-corrected chi connectivity index (χ1v) is 6.64. The van der Waals surface area contributed by atoms with Crippen molar-refractivity contribution in [2.75, 3.05) is 24.7 Å². The van der Waals surface area contributed by atoms with Crippen molar-refractivity contribution in [3.8, 4) is 0 Å². The number of aryl methyl sites for hydroxylation is 1. The van der Waals surface area contributed by atoms with Crippen molar-refractivity contribution in [3.63, 3.8) is 0 Å². The molecule has 1 saturated heterocycles. The largest absolute Gasteiger partial charge is 0.478 e. The van der Waals surface area contributed by atoms with E-state index < -0.39 is 5.97 Å². The molecule has 1 fully saturated rings. The second kappa shape index (κ2) is 4.79. The summed E-state index contributed by atoms with van der Waals surface area (Å²) >= 11 is 0. The maximum atomic E-state index is 11.4. The van der Waals surface area contributed by atoms with Gasteiger partial charge in [-0.2, -0.15) is 0 Å². The molecule has 0 aliphatic carbocycles. The van der Waals surface area contributed by atoms with E-state index in [0.29, 0.717) is 18.7 Å². The average Bonchev–Trinajstić information content (AvgIpc) is 2.77. The average molecular weight is 275 g/mol. The van der Waals surface area contributed by atoms with E-state index in [-0.39, 0.29) is 11.6 Å². The first-order valence-electron chi connectivity index (χ1n) is 6.64. The number of carboxylic acids is 1. The Morgan fingerprint density at radius 3 is 3.05 bits per heavy atom. The molecular weight excluding hydrogens is 258 g/mol. The van der Waals surface area contributed by atoms with Gasteiger partial charge in [-0.1, -0.05) is 0 Å². The molecule has 0 amide bonds. The number of anilines is 1. The third-order valence-corrected chi connectivity index (χ3v) is 3.62. The van der Waals surface area contributed by atoms with Crippen molar-refractivity contribution in [1.29, 1.82) is 0 Å². The smallest absolute Gasteiger partial charge is 0.338 e. The Balaban J connectivity index is 2.13. The molecule has 0 radical (unpaired) electrons. The van der Waals surface area contributed by atoms with Crippen LogP contribution in [0, 0.1) is 6.92 Å². The molecular formula is C14H17N3O3. The summed E-state index contributed by atoms with van der Waals surface area (Å²) in [6.07, 6.45) is 0. The van der Waals surface area contributed by atoms with Crippen molar-refractivity contribution >= 4 is 22.7 Å². The lowest BCUT2D eigenvalue weighted by Gasteiger charge is -2.35. The Bertz CT molecular complexity index is 665. The van der Waals surface area contributed by atoms with Crippen LogP contribution in [-0.4, -0.2) is 46.8 Å². The number of carbonyl (C=O) groups is 1. The van der Waals surface area contributed by atoms with Crippen molar-refractivity contribution in [3.05, 3.63) is 23.5 Å². The van der Waals surface area contributed by atoms with Crippen LogP contribution in [0.3, 0.4) is 0 Å². The fourth-order valence-electron chi connectivity index (χ4n) is 2.67. The van der Waals surface area contributed by atoms with E-state index in [1.165, 1.54) is 0 Å². The van der Waals surface area contributed by atoms with Crippen molar-refractivity contribution in [2.24, 2.45) is 0 Å². The molecule has 1 aliphatic heterocycles. The zero-order chi connectivity index (χ0) is 14.3. The molecule has 1 atom stereocenters. The quantitative estimate of drug-likeness (QED) is 0.873. The molecule has 20 heavy (non-hydrogen) atoms. The van der Waals surface area contributed by atoms with E-state index in [2.05, 4.69) is 21.8 Å². The minimum Gasteiger partial charge on any atom is -0.478 e. The van der Waals surface area contributed by atoms with Gasteiger partial charge in [-0.05, 0) is 26.0 Å². The van der Waals surface area contributed by atoms with Gasteiger partial charge in [0.25, 0.3) is 0 Å². The number of morpholine rings is 1. The van der Waals surface area contributed by atoms with Crippen LogP contribution in [0.4, 0.5) is 5.69 Å². The summed E-state index contributed by atoms with van der Waals surface area (Å²) in [5.41, 5.74) is 2.41. The summed E-state index contributed by atoms with van der Waals surface area (Å²) in [6.45, 7) is 5.97. The number of aromatic carboxylic acids is 1. The van der Waals surface area contributed by atoms with Crippen molar-refractivity contribution in [1.82, 2.24) is 9.97 Å². The lowest BCUT2D eigenvalue weighted by atomic mass is 10.1. The number of benzene rings is 1. The van der Waals surface area contributed by atoms with Crippen molar-refractivity contribution in [2.45, 2.75) is 19.9 Å². The predicted octanol–water partition coefficient (Wildman–Crippen LogP) is 1.79. The number of H-pyrrole nitrogens is 1. The molecule has 3 rings (SSSR count). The molecule has 2 aromatic rings. The number of carboxylic acid groups (broad SMARTS) is 1. The molecule has 2 N–H and O–H groups in total. The summed E-state index contributed by atoms with van der Waals surface area (Å²) < 4.78 is 5.42. The summed E-state index contributed by atoms with van der Waals surface area (Å²) in [5.74, 6) is -0.237. The van der Waals surface area contributed by atoms with Gasteiger partial charge >= 0.3 is 5.97 Å². The monoisotopic (exact) mass is 275 g/mol. The number of fused-ring (bicyclic) bond motifs is 1. The van der Waals surface area contributed by atoms with E-state index in [4.69, 9.17) is 4.74 Å². The third kappa shape index (κ3) is 2.12. The zero-order valence-electron chi connectivity index (χ0n) is 11.5. The number of imidazole rings is 1. The Hall–Kier alpha value is -2.08. The number of nitrogens with one attached hydrogen (secondary N) is 1. The van der Waals surface area contributed by atoms with E-state index >= 15 is 0 Å². The molecule has 0 saturated carbocycles. The number of hydrogen-bond acceptors (Lipinski definition) is 4. The lowest BCUT2D eigenvalue weighted by Crippen LogP contribution is -2.43. The molecule has 1 aromatic heterocycles. The van der Waals surface area contributed by atoms with Gasteiger partial charge in [0.05, 0.1) is 24.3 Å². The van der Waals surface area contributed by atoms with Crippen LogP contribution in [0.2, 0.25) is 0 Å². The second-order valence-corrected chi connectivity index (χ2v) is 5.13. The van der Waals surface area contributed by atoms with Crippen LogP contribution < -0.4 is 4.90 Å². The molecule has 1 aromatic carbocycles. The molecule has 0 spiro atoms. The molecule has 6 nitrogen and oxygen atoms in total. The van der Waals surface area contributed by atoms with Gasteiger partial charge in [0.1, 0.15) is 11.3 Å². The van der Waals surface area contributed by atoms with E-state index in [0.717, 1.165) is 23.6 Å². The van der Waals surface area contributed by atoms with Crippen LogP contribution in [0.1, 0.15) is 23.1 Å². The first kappa shape index (κ1) is 12.9. The molecule has 0 bridgehead atoms. The number of hydrogen-bond donors (Lipinski definition) is 2. The molecule has 1 aliphatic rings. The Morgan fingerprint density at radius 2 is 2.35 bits per heavy atom. The molecule has 106 valence electrons. The normalized spacial score (nSPS) is 19.5. The van der Waals surface area contributed by atoms with Crippen LogP contribution in [0.25, 0.3) is 11.0 Å². The number of rotatable bonds is 2. The minimum atomic E-state index is -0.954.